The molecule has 0 unspecified atom stereocenters. The summed E-state index contributed by atoms with van der Waals surface area (Å²) < 4.78 is 30.1. The second-order valence-corrected chi connectivity index (χ2v) is 8.11. The highest BCUT2D eigenvalue weighted by molar-refractivity contribution is 7.95. The Balaban J connectivity index is 2.38. The van der Waals surface area contributed by atoms with Gasteiger partial charge in [0.2, 0.25) is 0 Å². The van der Waals surface area contributed by atoms with Crippen molar-refractivity contribution in [2.75, 3.05) is 7.11 Å². The predicted molar refractivity (Wildman–Crippen MR) is 101 cm³/mol. The number of ether oxygens (including phenoxy) is 1. The number of rotatable bonds is 5. The molecule has 8 heteroatoms. The highest BCUT2D eigenvalue weighted by atomic mass is 35.5. The number of halogens is 3. The SMILES string of the molecule is COc1ccc(CS(=O)(=O)/C(C#N)=C\c2ccc(Cl)c(Cl)c2Cl)cc1. The number of allylic oxidation sites excluding steroid dienone is 1. The van der Waals surface area contributed by atoms with E-state index in [0.29, 0.717) is 16.9 Å². The molecule has 2 rings (SSSR count). The van der Waals surface area contributed by atoms with Gasteiger partial charge in [0, 0.05) is 0 Å². The van der Waals surface area contributed by atoms with Gasteiger partial charge in [-0.3, -0.25) is 0 Å². The van der Waals surface area contributed by atoms with Crippen molar-refractivity contribution in [1.82, 2.24) is 0 Å². The van der Waals surface area contributed by atoms with Crippen molar-refractivity contribution in [3.05, 3.63) is 67.5 Å². The summed E-state index contributed by atoms with van der Waals surface area (Å²) in [6.45, 7) is 0. The van der Waals surface area contributed by atoms with Crippen molar-refractivity contribution in [2.24, 2.45) is 0 Å². The Morgan fingerprint density at radius 1 is 1.12 bits per heavy atom. The molecule has 25 heavy (non-hydrogen) atoms. The lowest BCUT2D eigenvalue weighted by molar-refractivity contribution is 0.414. The summed E-state index contributed by atoms with van der Waals surface area (Å²) in [6, 6.07) is 11.2. The summed E-state index contributed by atoms with van der Waals surface area (Å²) in [7, 11) is -2.34. The number of hydrogen-bond donors (Lipinski definition) is 0. The first-order valence-electron chi connectivity index (χ1n) is 6.89. The maximum Gasteiger partial charge on any atom is 0.192 e. The number of hydrogen-bond acceptors (Lipinski definition) is 4. The molecule has 0 N–H and O–H groups in total. The minimum absolute atomic E-state index is 0.0848. The van der Waals surface area contributed by atoms with Crippen molar-refractivity contribution in [2.45, 2.75) is 5.75 Å². The zero-order valence-corrected chi connectivity index (χ0v) is 16.0. The fourth-order valence-electron chi connectivity index (χ4n) is 2.00. The molecule has 130 valence electrons. The van der Waals surface area contributed by atoms with Gasteiger partial charge in [0.05, 0.1) is 27.9 Å². The van der Waals surface area contributed by atoms with Gasteiger partial charge < -0.3 is 4.74 Å². The number of nitriles is 1. The molecule has 2 aromatic rings. The Kier molecular flexibility index (Phi) is 6.36. The van der Waals surface area contributed by atoms with Crippen LogP contribution in [0.3, 0.4) is 0 Å². The first-order chi connectivity index (χ1) is 11.8. The molecule has 4 nitrogen and oxygen atoms in total. The van der Waals surface area contributed by atoms with Crippen LogP contribution >= 0.6 is 34.8 Å². The molecule has 0 radical (unpaired) electrons. The van der Waals surface area contributed by atoms with Crippen molar-refractivity contribution < 1.29 is 13.2 Å². The lowest BCUT2D eigenvalue weighted by Gasteiger charge is -2.07. The lowest BCUT2D eigenvalue weighted by Crippen LogP contribution is -2.06. The van der Waals surface area contributed by atoms with E-state index in [1.54, 1.807) is 30.3 Å². The van der Waals surface area contributed by atoms with E-state index in [0.717, 1.165) is 0 Å². The molecular formula is C17H12Cl3NO3S. The van der Waals surface area contributed by atoms with Crippen LogP contribution < -0.4 is 4.74 Å². The van der Waals surface area contributed by atoms with Gasteiger partial charge in [-0.25, -0.2) is 8.42 Å². The smallest absolute Gasteiger partial charge is 0.192 e. The molecule has 0 heterocycles. The minimum Gasteiger partial charge on any atom is -0.497 e. The standard InChI is InChI=1S/C17H12Cl3NO3S/c1-24-13-5-2-11(3-6-13)10-25(22,23)14(9-21)8-12-4-7-15(18)17(20)16(12)19/h2-8H,10H2,1H3/b14-8-. The summed E-state index contributed by atoms with van der Waals surface area (Å²) in [5.41, 5.74) is 0.827. The first kappa shape index (κ1) is 19.6. The van der Waals surface area contributed by atoms with E-state index in [2.05, 4.69) is 0 Å². The van der Waals surface area contributed by atoms with Crippen molar-refractivity contribution in [1.29, 1.82) is 5.26 Å². The quantitative estimate of drug-likeness (QED) is 0.500. The van der Waals surface area contributed by atoms with Gasteiger partial charge in [-0.05, 0) is 35.4 Å². The molecule has 0 aliphatic rings. The summed E-state index contributed by atoms with van der Waals surface area (Å²) in [5.74, 6) is 0.287. The molecule has 0 fully saturated rings. The van der Waals surface area contributed by atoms with Crippen molar-refractivity contribution in [3.63, 3.8) is 0 Å². The first-order valence-corrected chi connectivity index (χ1v) is 9.68. The van der Waals surface area contributed by atoms with Crippen LogP contribution in [0.4, 0.5) is 0 Å². The van der Waals surface area contributed by atoms with Crippen molar-refractivity contribution in [3.8, 4) is 11.8 Å². The Morgan fingerprint density at radius 2 is 1.76 bits per heavy atom. The molecule has 0 aliphatic heterocycles. The molecule has 0 saturated carbocycles. The molecule has 0 spiro atoms. The molecular weight excluding hydrogens is 405 g/mol. The zero-order valence-electron chi connectivity index (χ0n) is 13.0. The van der Waals surface area contributed by atoms with Crippen LogP contribution in [0.2, 0.25) is 15.1 Å². The fourth-order valence-corrected chi connectivity index (χ4v) is 3.83. The normalized spacial score (nSPS) is 11.9. The molecule has 0 amide bonds. The van der Waals surface area contributed by atoms with E-state index in [1.807, 2.05) is 0 Å². The van der Waals surface area contributed by atoms with Crippen LogP contribution in [0.1, 0.15) is 11.1 Å². The van der Waals surface area contributed by atoms with Gasteiger partial charge in [-0.15, -0.1) is 0 Å². The van der Waals surface area contributed by atoms with Gasteiger partial charge in [-0.2, -0.15) is 5.26 Å². The molecule has 0 aromatic heterocycles. The maximum absolute atomic E-state index is 12.5. The van der Waals surface area contributed by atoms with Crippen LogP contribution in [0.25, 0.3) is 6.08 Å². The van der Waals surface area contributed by atoms with Gasteiger partial charge in [-0.1, -0.05) is 53.0 Å². The Morgan fingerprint density at radius 3 is 2.32 bits per heavy atom. The van der Waals surface area contributed by atoms with E-state index in [4.69, 9.17) is 39.5 Å². The summed E-state index contributed by atoms with van der Waals surface area (Å²) in [6.07, 6.45) is 1.18. The van der Waals surface area contributed by atoms with Crippen LogP contribution in [-0.2, 0) is 15.6 Å². The highest BCUT2D eigenvalue weighted by Gasteiger charge is 2.20. The van der Waals surface area contributed by atoms with E-state index < -0.39 is 14.7 Å². The second kappa shape index (κ2) is 8.11. The summed E-state index contributed by atoms with van der Waals surface area (Å²) in [4.78, 5) is -0.413. The topological polar surface area (TPSA) is 67.2 Å². The fraction of sp³-hybridized carbons (Fsp3) is 0.118. The average Bonchev–Trinajstić information content (AvgIpc) is 2.59. The number of nitrogens with zero attached hydrogens (tertiary/aromatic N) is 1. The molecule has 0 aliphatic carbocycles. The molecule has 0 atom stereocenters. The van der Waals surface area contributed by atoms with E-state index in [1.165, 1.54) is 25.3 Å². The molecule has 0 saturated heterocycles. The zero-order chi connectivity index (χ0) is 18.6. The number of sulfone groups is 1. The van der Waals surface area contributed by atoms with Gasteiger partial charge >= 0.3 is 0 Å². The van der Waals surface area contributed by atoms with Crippen LogP contribution in [0.5, 0.6) is 5.75 Å². The Labute approximate surface area is 161 Å². The number of methoxy groups -OCH3 is 1. The minimum atomic E-state index is -3.86. The van der Waals surface area contributed by atoms with Crippen LogP contribution in [-0.4, -0.2) is 15.5 Å². The molecule has 0 bridgehead atoms. The summed E-state index contributed by atoms with van der Waals surface area (Å²) in [5, 5.41) is 9.70. The van der Waals surface area contributed by atoms with E-state index in [-0.39, 0.29) is 20.8 Å². The Bertz CT molecular complexity index is 962. The third-order valence-corrected chi connectivity index (χ3v) is 6.21. The lowest BCUT2D eigenvalue weighted by atomic mass is 10.2. The number of benzene rings is 2. The highest BCUT2D eigenvalue weighted by Crippen LogP contribution is 2.34. The molecule has 2 aromatic carbocycles. The van der Waals surface area contributed by atoms with Gasteiger partial charge in [0.15, 0.2) is 9.84 Å². The van der Waals surface area contributed by atoms with Gasteiger partial charge in [0.25, 0.3) is 0 Å². The Hall–Kier alpha value is -1.71. The second-order valence-electron chi connectivity index (χ2n) is 4.99. The van der Waals surface area contributed by atoms with Gasteiger partial charge in [0.1, 0.15) is 16.7 Å². The van der Waals surface area contributed by atoms with E-state index in [9.17, 15) is 13.7 Å². The average molecular weight is 417 g/mol. The summed E-state index contributed by atoms with van der Waals surface area (Å²) >= 11 is 17.9. The largest absolute Gasteiger partial charge is 0.497 e. The van der Waals surface area contributed by atoms with Crippen LogP contribution in [0, 0.1) is 11.3 Å². The maximum atomic E-state index is 12.5. The van der Waals surface area contributed by atoms with Crippen molar-refractivity contribution >= 4 is 50.7 Å². The predicted octanol–water partition coefficient (Wildman–Crippen LogP) is 5.13. The monoisotopic (exact) mass is 415 g/mol. The third kappa shape index (κ3) is 4.68. The third-order valence-electron chi connectivity index (χ3n) is 3.31. The van der Waals surface area contributed by atoms with Crippen LogP contribution in [0.15, 0.2) is 41.3 Å². The van der Waals surface area contributed by atoms with E-state index >= 15 is 0 Å².